The van der Waals surface area contributed by atoms with Gasteiger partial charge in [0, 0.05) is 36.0 Å². The quantitative estimate of drug-likeness (QED) is 0.181. The first-order valence-corrected chi connectivity index (χ1v) is 14.3. The molecule has 0 aliphatic heterocycles. The number of rotatable bonds is 13. The fraction of sp³-hybridized carbons (Fsp3) is 0.429. The highest BCUT2D eigenvalue weighted by Gasteiger charge is 2.35. The van der Waals surface area contributed by atoms with Crippen LogP contribution in [0.15, 0.2) is 41.6 Å². The lowest BCUT2D eigenvalue weighted by atomic mass is 10.00. The summed E-state index contributed by atoms with van der Waals surface area (Å²) in [6.45, 7) is 6.73. The van der Waals surface area contributed by atoms with E-state index < -0.39 is 41.7 Å². The van der Waals surface area contributed by atoms with Gasteiger partial charge in [0.05, 0.1) is 12.1 Å². The van der Waals surface area contributed by atoms with Crippen molar-refractivity contribution in [3.63, 3.8) is 0 Å². The van der Waals surface area contributed by atoms with Crippen LogP contribution in [0.1, 0.15) is 64.4 Å². The van der Waals surface area contributed by atoms with E-state index in [-0.39, 0.29) is 34.4 Å². The molecule has 228 valence electrons. The van der Waals surface area contributed by atoms with E-state index in [2.05, 4.69) is 15.4 Å². The van der Waals surface area contributed by atoms with Crippen molar-refractivity contribution in [2.45, 2.75) is 63.5 Å². The Morgan fingerprint density at radius 2 is 1.64 bits per heavy atom. The van der Waals surface area contributed by atoms with Crippen molar-refractivity contribution in [2.24, 2.45) is 0 Å². The minimum Gasteiger partial charge on any atom is -0.390 e. The van der Waals surface area contributed by atoms with Gasteiger partial charge in [-0.3, -0.25) is 14.7 Å². The second kappa shape index (κ2) is 14.6. The molecule has 0 fully saturated rings. The van der Waals surface area contributed by atoms with Gasteiger partial charge in [-0.1, -0.05) is 25.6 Å². The number of thioether (sulfide) groups is 1. The molecule has 0 bridgehead atoms. The number of benzene rings is 2. The zero-order chi connectivity index (χ0) is 31.0. The molecule has 0 spiro atoms. The summed E-state index contributed by atoms with van der Waals surface area (Å²) in [5.41, 5.74) is 1.22. The minimum absolute atomic E-state index is 0.130. The molecule has 1 aromatic heterocycles. The number of aliphatic hydroxyl groups is 1. The number of carbonyl (C=O) groups is 2. The predicted octanol–water partition coefficient (Wildman–Crippen LogP) is 5.17. The Labute approximate surface area is 244 Å². The third-order valence-corrected chi connectivity index (χ3v) is 7.09. The molecule has 0 radical (unpaired) electrons. The van der Waals surface area contributed by atoms with Crippen molar-refractivity contribution >= 4 is 23.6 Å². The number of aliphatic hydroxyl groups excluding tert-OH is 1. The van der Waals surface area contributed by atoms with Crippen LogP contribution in [0.5, 0.6) is 0 Å². The summed E-state index contributed by atoms with van der Waals surface area (Å²) in [6, 6.07) is 6.32. The Kier molecular flexibility index (Phi) is 11.5. The van der Waals surface area contributed by atoms with E-state index in [1.54, 1.807) is 29.1 Å². The molecule has 8 nitrogen and oxygen atoms in total. The smallest absolute Gasteiger partial charge is 0.390 e. The number of alkyl halides is 3. The average Bonchev–Trinajstić information content (AvgIpc) is 3.40. The highest BCUT2D eigenvalue weighted by atomic mass is 32.2. The van der Waals surface area contributed by atoms with Crippen LogP contribution < -0.4 is 5.32 Å². The number of aromatic amines is 1. The lowest BCUT2D eigenvalue weighted by Crippen LogP contribution is -2.46. The Morgan fingerprint density at radius 1 is 1.02 bits per heavy atom. The minimum atomic E-state index is -4.74. The number of amides is 2. The summed E-state index contributed by atoms with van der Waals surface area (Å²) < 4.78 is 66.3. The van der Waals surface area contributed by atoms with Gasteiger partial charge in [-0.15, -0.1) is 5.10 Å². The lowest BCUT2D eigenvalue weighted by molar-refractivity contribution is -0.144. The molecule has 3 aromatic rings. The number of H-pyrrole nitrogens is 1. The SMILES string of the molecule is CCCN(CCC)C(=O)c1cc(C)cc(C(=O)NC(Cc2cc(F)cc(F)c2)C(O)CSc2n[nH]c(C(F)(F)F)n2)c1. The summed E-state index contributed by atoms with van der Waals surface area (Å²) in [5, 5.41) is 18.6. The maximum absolute atomic E-state index is 13.9. The van der Waals surface area contributed by atoms with E-state index in [0.29, 0.717) is 42.0 Å². The average molecular weight is 614 g/mol. The Bertz CT molecular complexity index is 1360. The van der Waals surface area contributed by atoms with Crippen LogP contribution in [0.2, 0.25) is 0 Å². The van der Waals surface area contributed by atoms with E-state index >= 15 is 0 Å². The lowest BCUT2D eigenvalue weighted by Gasteiger charge is -2.25. The van der Waals surface area contributed by atoms with Gasteiger partial charge in [0.2, 0.25) is 11.0 Å². The fourth-order valence-corrected chi connectivity index (χ4v) is 5.12. The molecule has 2 unspecified atom stereocenters. The van der Waals surface area contributed by atoms with Crippen molar-refractivity contribution < 1.29 is 36.6 Å². The highest BCUT2D eigenvalue weighted by Crippen LogP contribution is 2.28. The van der Waals surface area contributed by atoms with Crippen LogP contribution in [0.25, 0.3) is 0 Å². The van der Waals surface area contributed by atoms with Crippen molar-refractivity contribution in [2.75, 3.05) is 18.8 Å². The van der Waals surface area contributed by atoms with Gasteiger partial charge < -0.3 is 15.3 Å². The highest BCUT2D eigenvalue weighted by molar-refractivity contribution is 7.99. The summed E-state index contributed by atoms with van der Waals surface area (Å²) in [4.78, 5) is 31.6. The van der Waals surface area contributed by atoms with Crippen LogP contribution in [0.3, 0.4) is 0 Å². The summed E-state index contributed by atoms with van der Waals surface area (Å²) >= 11 is 0.702. The van der Waals surface area contributed by atoms with E-state index in [1.807, 2.05) is 13.8 Å². The molecule has 0 saturated heterocycles. The van der Waals surface area contributed by atoms with Crippen molar-refractivity contribution in [3.8, 4) is 0 Å². The second-order valence-corrected chi connectivity index (χ2v) is 10.8. The number of carbonyl (C=O) groups excluding carboxylic acids is 2. The van der Waals surface area contributed by atoms with Crippen LogP contribution in [0.4, 0.5) is 22.0 Å². The first kappa shape index (κ1) is 33.0. The zero-order valence-corrected chi connectivity index (χ0v) is 24.1. The Morgan fingerprint density at radius 3 is 2.21 bits per heavy atom. The first-order chi connectivity index (χ1) is 19.8. The van der Waals surface area contributed by atoms with E-state index in [9.17, 15) is 36.6 Å². The molecule has 3 N–H and O–H groups in total. The second-order valence-electron chi connectivity index (χ2n) is 9.78. The van der Waals surface area contributed by atoms with E-state index in [0.717, 1.165) is 25.0 Å². The largest absolute Gasteiger partial charge is 0.451 e. The van der Waals surface area contributed by atoms with E-state index in [4.69, 9.17) is 0 Å². The summed E-state index contributed by atoms with van der Waals surface area (Å²) in [5.74, 6) is -4.16. The Balaban J connectivity index is 1.84. The monoisotopic (exact) mass is 613 g/mol. The number of hydrogen-bond donors (Lipinski definition) is 3. The summed E-state index contributed by atoms with van der Waals surface area (Å²) in [7, 11) is 0. The van der Waals surface area contributed by atoms with Gasteiger partial charge in [-0.05, 0) is 67.6 Å². The number of aryl methyl sites for hydroxylation is 1. The maximum Gasteiger partial charge on any atom is 0.451 e. The molecule has 0 saturated carbocycles. The third kappa shape index (κ3) is 9.24. The van der Waals surface area contributed by atoms with Crippen LogP contribution in [-0.4, -0.2) is 68.0 Å². The summed E-state index contributed by atoms with van der Waals surface area (Å²) in [6.07, 6.45) is -4.82. The molecular formula is C28H32F5N5O3S. The van der Waals surface area contributed by atoms with Gasteiger partial charge in [-0.2, -0.15) is 18.2 Å². The van der Waals surface area contributed by atoms with Gasteiger partial charge in [0.15, 0.2) is 0 Å². The molecule has 42 heavy (non-hydrogen) atoms. The zero-order valence-electron chi connectivity index (χ0n) is 23.3. The standard InChI is InChI=1S/C28H32F5N5O3S/c1-4-6-38(7-5-2)25(41)19-9-16(3)8-18(13-19)24(40)34-22(12-17-10-20(29)14-21(30)11-17)23(39)15-42-27-35-26(36-37-27)28(31,32)33/h8-11,13-14,22-23,39H,4-7,12,15H2,1-3H3,(H,34,40)(H,35,36,37). The normalized spacial score (nSPS) is 13.1. The van der Waals surface area contributed by atoms with Gasteiger partial charge in [0.1, 0.15) is 11.6 Å². The molecule has 0 aliphatic carbocycles. The van der Waals surface area contributed by atoms with Crippen molar-refractivity contribution in [1.29, 1.82) is 0 Å². The molecule has 2 atom stereocenters. The maximum atomic E-state index is 13.9. The number of nitrogens with zero attached hydrogens (tertiary/aromatic N) is 3. The van der Waals surface area contributed by atoms with Crippen molar-refractivity contribution in [3.05, 3.63) is 76.1 Å². The number of hydrogen-bond acceptors (Lipinski definition) is 6. The number of halogens is 5. The van der Waals surface area contributed by atoms with Crippen LogP contribution in [-0.2, 0) is 12.6 Å². The van der Waals surface area contributed by atoms with Gasteiger partial charge >= 0.3 is 6.18 Å². The molecule has 1 heterocycles. The van der Waals surface area contributed by atoms with Crippen molar-refractivity contribution in [1.82, 2.24) is 25.4 Å². The first-order valence-electron chi connectivity index (χ1n) is 13.3. The van der Waals surface area contributed by atoms with Crippen LogP contribution >= 0.6 is 11.8 Å². The molecule has 0 aliphatic rings. The Hall–Kier alpha value is -3.52. The number of nitrogens with one attached hydrogen (secondary N) is 2. The van der Waals surface area contributed by atoms with Crippen LogP contribution in [0, 0.1) is 18.6 Å². The molecule has 2 amide bonds. The topological polar surface area (TPSA) is 111 Å². The molecular weight excluding hydrogens is 581 g/mol. The fourth-order valence-electron chi connectivity index (χ4n) is 4.31. The number of aromatic nitrogens is 3. The van der Waals surface area contributed by atoms with E-state index in [1.165, 1.54) is 6.07 Å². The molecule has 14 heteroatoms. The molecule has 2 aromatic carbocycles. The third-order valence-electron chi connectivity index (χ3n) is 6.14. The predicted molar refractivity (Wildman–Crippen MR) is 147 cm³/mol. The van der Waals surface area contributed by atoms with Gasteiger partial charge in [0.25, 0.3) is 11.8 Å². The molecule has 3 rings (SSSR count). The van der Waals surface area contributed by atoms with Gasteiger partial charge in [-0.25, -0.2) is 8.78 Å².